The smallest absolute Gasteiger partial charge is 0.226 e. The first-order valence-corrected chi connectivity index (χ1v) is 25.6. The summed E-state index contributed by atoms with van der Waals surface area (Å²) in [5, 5.41) is 5.77. The molecule has 0 spiro atoms. The highest BCUT2D eigenvalue weighted by molar-refractivity contribution is 7.19. The monoisotopic (exact) mass is 913 g/mol. The molecule has 70 heavy (non-hydrogen) atoms. The molecule has 0 amide bonds. The fraction of sp³-hybridized carbons (Fsp3) is 0. The zero-order valence-corrected chi connectivity index (χ0v) is 38.5. The molecular weight excluding hydrogens is 875 g/mol. The molecule has 15 aromatic rings. The average molecular weight is 914 g/mol. The van der Waals surface area contributed by atoms with E-state index in [1.807, 2.05) is 0 Å². The van der Waals surface area contributed by atoms with Gasteiger partial charge >= 0.3 is 0 Å². The van der Waals surface area contributed by atoms with Crippen LogP contribution in [-0.4, -0.2) is 50.5 Å². The quantitative estimate of drug-likeness (QED) is 0.118. The molecule has 15 rings (SSSR count). The fourth-order valence-electron chi connectivity index (χ4n) is 11.3. The lowest BCUT2D eigenvalue weighted by Gasteiger charge is -2.33. The van der Waals surface area contributed by atoms with Gasteiger partial charge in [-0.2, -0.15) is 0 Å². The van der Waals surface area contributed by atoms with Crippen LogP contribution in [0.5, 0.6) is 0 Å². The number of fused-ring (bicyclic) bond motifs is 13. The molecule has 0 fully saturated rings. The van der Waals surface area contributed by atoms with Gasteiger partial charge in [-0.1, -0.05) is 158 Å². The van der Waals surface area contributed by atoms with Gasteiger partial charge < -0.3 is 0 Å². The number of nitrogens with zero attached hydrogens (tertiary/aromatic N) is 9. The lowest BCUT2D eigenvalue weighted by molar-refractivity contribution is 0.994. The first-order valence-electron chi connectivity index (χ1n) is 23.6. The Bertz CT molecular complexity index is 4470. The molecule has 0 N–H and O–H groups in total. The van der Waals surface area contributed by atoms with Crippen LogP contribution in [0.25, 0.3) is 94.8 Å². The topological polar surface area (TPSA) is 75.2 Å². The summed E-state index contributed by atoms with van der Waals surface area (Å²) in [5.41, 5.74) is 12.1. The lowest BCUT2D eigenvalue weighted by Crippen LogP contribution is -2.76. The van der Waals surface area contributed by atoms with E-state index in [0.717, 1.165) is 116 Å². The summed E-state index contributed by atoms with van der Waals surface area (Å²) < 4.78 is 11.4. The Morgan fingerprint density at radius 1 is 0.286 bits per heavy atom. The summed E-state index contributed by atoms with van der Waals surface area (Å²) >= 11 is 0. The summed E-state index contributed by atoms with van der Waals surface area (Å²) in [6.07, 6.45) is 0. The van der Waals surface area contributed by atoms with Gasteiger partial charge in [0.1, 0.15) is 17.1 Å². The van der Waals surface area contributed by atoms with E-state index >= 15 is 0 Å². The first kappa shape index (κ1) is 38.7. The van der Waals surface area contributed by atoms with Crippen LogP contribution >= 0.6 is 0 Å². The third-order valence-electron chi connectivity index (χ3n) is 14.2. The van der Waals surface area contributed by atoms with E-state index < -0.39 is 8.07 Å². The van der Waals surface area contributed by atoms with E-state index in [9.17, 15) is 0 Å². The van der Waals surface area contributed by atoms with Crippen LogP contribution in [0.1, 0.15) is 0 Å². The highest BCUT2D eigenvalue weighted by atomic mass is 28.3. The minimum absolute atomic E-state index is 0.727. The van der Waals surface area contributed by atoms with Crippen molar-refractivity contribution in [2.75, 3.05) is 0 Å². The second-order valence-electron chi connectivity index (χ2n) is 17.9. The lowest BCUT2D eigenvalue weighted by atomic mass is 10.2. The molecule has 6 aromatic heterocycles. The third kappa shape index (κ3) is 5.36. The maximum Gasteiger partial charge on any atom is 0.226 e. The summed E-state index contributed by atoms with van der Waals surface area (Å²) in [4.78, 5) is 22.6. The molecule has 0 aliphatic heterocycles. The molecule has 9 nitrogen and oxygen atoms in total. The summed E-state index contributed by atoms with van der Waals surface area (Å²) in [6.45, 7) is 0. The van der Waals surface area contributed by atoms with Gasteiger partial charge in [-0.25, -0.2) is 19.9 Å². The molecule has 10 heteroatoms. The van der Waals surface area contributed by atoms with Crippen LogP contribution in [-0.2, 0) is 0 Å². The second-order valence-corrected chi connectivity index (χ2v) is 21.6. The second kappa shape index (κ2) is 14.8. The number of imidazole rings is 4. The Labute approximate surface area is 401 Å². The summed E-state index contributed by atoms with van der Waals surface area (Å²) in [7, 11) is -3.52. The molecular formula is C60H39N9Si. The van der Waals surface area contributed by atoms with E-state index in [1.165, 1.54) is 0 Å². The molecule has 0 aliphatic rings. The maximum atomic E-state index is 5.96. The third-order valence-corrected chi connectivity index (χ3v) is 18.7. The van der Waals surface area contributed by atoms with Crippen molar-refractivity contribution >= 4 is 107 Å². The van der Waals surface area contributed by atoms with Crippen molar-refractivity contribution in [3.8, 4) is 17.3 Å². The molecule has 0 aliphatic carbocycles. The van der Waals surface area contributed by atoms with Crippen molar-refractivity contribution in [1.82, 2.24) is 42.4 Å². The van der Waals surface area contributed by atoms with Crippen molar-refractivity contribution in [1.29, 1.82) is 0 Å². The summed E-state index contributed by atoms with van der Waals surface area (Å²) in [5.74, 6) is 3.13. The largest absolute Gasteiger partial charge is 0.294 e. The van der Waals surface area contributed by atoms with Gasteiger partial charge in [-0.05, 0) is 88.4 Å². The van der Waals surface area contributed by atoms with Crippen LogP contribution in [0, 0.1) is 0 Å². The van der Waals surface area contributed by atoms with Crippen LogP contribution in [0.3, 0.4) is 0 Å². The van der Waals surface area contributed by atoms with Gasteiger partial charge in [-0.15, -0.1) is 0 Å². The van der Waals surface area contributed by atoms with Crippen LogP contribution in [0.2, 0.25) is 0 Å². The van der Waals surface area contributed by atoms with Gasteiger partial charge in [0.05, 0.1) is 55.2 Å². The van der Waals surface area contributed by atoms with Gasteiger partial charge in [-0.3, -0.25) is 22.5 Å². The molecule has 0 saturated carbocycles. The molecule has 328 valence electrons. The predicted octanol–water partition coefficient (Wildman–Crippen LogP) is 10.4. The van der Waals surface area contributed by atoms with Gasteiger partial charge in [0, 0.05) is 22.5 Å². The minimum Gasteiger partial charge on any atom is -0.294 e. The van der Waals surface area contributed by atoms with Crippen LogP contribution in [0.15, 0.2) is 237 Å². The number of para-hydroxylation sites is 10. The van der Waals surface area contributed by atoms with Crippen LogP contribution in [0.4, 0.5) is 0 Å². The number of benzene rings is 9. The fourth-order valence-corrected chi connectivity index (χ4v) is 15.7. The van der Waals surface area contributed by atoms with E-state index in [1.54, 1.807) is 0 Å². The van der Waals surface area contributed by atoms with Crippen LogP contribution < -0.4 is 21.0 Å². The number of aromatic nitrogens is 9. The number of hydrogen-bond acceptors (Lipinski definition) is 4. The van der Waals surface area contributed by atoms with Gasteiger partial charge in [0.2, 0.25) is 19.6 Å². The first-order chi connectivity index (χ1) is 34.7. The number of rotatable bonds is 7. The highest BCUT2D eigenvalue weighted by Gasteiger charge is 2.46. The summed E-state index contributed by atoms with van der Waals surface area (Å²) in [6, 6.07) is 84.3. The zero-order chi connectivity index (χ0) is 45.9. The van der Waals surface area contributed by atoms with Crippen molar-refractivity contribution in [3.63, 3.8) is 0 Å². The van der Waals surface area contributed by atoms with E-state index in [0.29, 0.717) is 0 Å². The van der Waals surface area contributed by atoms with Crippen molar-refractivity contribution in [2.24, 2.45) is 0 Å². The van der Waals surface area contributed by atoms with Crippen molar-refractivity contribution in [3.05, 3.63) is 237 Å². The average Bonchev–Trinajstić information content (AvgIpc) is 4.22. The van der Waals surface area contributed by atoms with Gasteiger partial charge in [0.25, 0.3) is 0 Å². The van der Waals surface area contributed by atoms with E-state index in [4.69, 9.17) is 19.9 Å². The molecule has 0 radical (unpaired) electrons. The highest BCUT2D eigenvalue weighted by Crippen LogP contribution is 2.34. The standard InChI is InChI=1S/C60H39N9Si/c1-3-21-41(22-4-1)70(42-23-5-2-6-24-42,43-25-19-20-40(38-43)65-52-34-15-16-35-53(52)67-50-32-13-9-28-46(50)61-59(65)67)58-63-56(66-48-30-11-7-26-44(48)45-27-8-12-31-49(45)66)39-57(64-58)69-55-37-18-17-36-54(55)68-51-33-14-10-29-47(51)62-60(68)69/h1-39H. The van der Waals surface area contributed by atoms with Crippen molar-refractivity contribution in [2.45, 2.75) is 0 Å². The zero-order valence-electron chi connectivity index (χ0n) is 37.5. The van der Waals surface area contributed by atoms with Crippen molar-refractivity contribution < 1.29 is 0 Å². The molecule has 0 atom stereocenters. The molecule has 0 saturated heterocycles. The Morgan fingerprint density at radius 3 is 1.26 bits per heavy atom. The maximum absolute atomic E-state index is 5.96. The molecule has 0 unspecified atom stereocenters. The predicted molar refractivity (Wildman–Crippen MR) is 286 cm³/mol. The molecule has 9 aromatic carbocycles. The minimum atomic E-state index is -3.52. The normalized spacial score (nSPS) is 12.3. The Balaban J connectivity index is 1.10. The van der Waals surface area contributed by atoms with Gasteiger partial charge in [0.15, 0.2) is 0 Å². The molecule has 6 heterocycles. The number of hydrogen-bond donors (Lipinski definition) is 0. The van der Waals surface area contributed by atoms with E-state index in [-0.39, 0.29) is 0 Å². The Hall–Kier alpha value is -9.38. The molecule has 0 bridgehead atoms. The Kier molecular flexibility index (Phi) is 8.19. The Morgan fingerprint density at radius 2 is 0.700 bits per heavy atom. The SMILES string of the molecule is c1ccc([Si](c2ccccc2)(c2cccc(-n3c4ccccc4n4c5ccccc5nc34)c2)c2nc(-n3c4ccccc4c4ccccc43)cc(-n3c4ccccc4n4c5ccccc5nc34)n2)cc1. The van der Waals surface area contributed by atoms with E-state index in [2.05, 4.69) is 259 Å².